The fourth-order valence-corrected chi connectivity index (χ4v) is 5.49. The van der Waals surface area contributed by atoms with Crippen LogP contribution in [-0.4, -0.2) is 93.5 Å². The number of nitrogens with two attached hydrogens (primary N) is 1. The molecule has 11 heteroatoms. The molecule has 11 nitrogen and oxygen atoms in total. The Bertz CT molecular complexity index is 1230. The molecule has 1 aliphatic rings. The summed E-state index contributed by atoms with van der Waals surface area (Å²) in [7, 11) is 5.81. The van der Waals surface area contributed by atoms with Gasteiger partial charge in [-0.1, -0.05) is 33.1 Å². The first kappa shape index (κ1) is 48.7. The number of aromatic nitrogens is 1. The lowest BCUT2D eigenvalue weighted by Gasteiger charge is -2.37. The molecule has 1 fully saturated rings. The first-order chi connectivity index (χ1) is 23.7. The van der Waals surface area contributed by atoms with Crippen molar-refractivity contribution >= 4 is 18.6 Å². The average molecular weight is 706 g/mol. The summed E-state index contributed by atoms with van der Waals surface area (Å²) in [6.45, 7) is 22.9. The Morgan fingerprint density at radius 3 is 2.08 bits per heavy atom. The summed E-state index contributed by atoms with van der Waals surface area (Å²) in [5.41, 5.74) is 10.9. The Balaban J connectivity index is 0. The minimum Gasteiger partial charge on any atom is -0.493 e. The van der Waals surface area contributed by atoms with Crippen molar-refractivity contribution in [3.63, 3.8) is 0 Å². The maximum atomic E-state index is 12.8. The minimum atomic E-state index is -0.250. The van der Waals surface area contributed by atoms with Crippen LogP contribution in [0, 0.1) is 20.8 Å². The number of anilines is 1. The zero-order valence-electron chi connectivity index (χ0n) is 33.4. The molecule has 50 heavy (non-hydrogen) atoms. The van der Waals surface area contributed by atoms with Crippen LogP contribution in [0.5, 0.6) is 5.75 Å². The second-order valence-electron chi connectivity index (χ2n) is 13.2. The summed E-state index contributed by atoms with van der Waals surface area (Å²) >= 11 is 0. The second kappa shape index (κ2) is 28.3. The van der Waals surface area contributed by atoms with E-state index in [1.807, 2.05) is 34.7 Å². The molecular weight excluding hydrogens is 634 g/mol. The number of hydrogen-bond donors (Lipinski definition) is 4. The van der Waals surface area contributed by atoms with Gasteiger partial charge in [0.1, 0.15) is 5.75 Å². The molecule has 0 aliphatic heterocycles. The van der Waals surface area contributed by atoms with E-state index in [1.54, 1.807) is 7.11 Å². The molecule has 1 aliphatic carbocycles. The van der Waals surface area contributed by atoms with Crippen LogP contribution in [0.1, 0.15) is 108 Å². The summed E-state index contributed by atoms with van der Waals surface area (Å²) in [5.74, 6) is 0.903. The van der Waals surface area contributed by atoms with Crippen molar-refractivity contribution in [2.75, 3.05) is 59.0 Å². The van der Waals surface area contributed by atoms with Crippen molar-refractivity contribution < 1.29 is 24.2 Å². The van der Waals surface area contributed by atoms with Gasteiger partial charge < -0.3 is 40.4 Å². The van der Waals surface area contributed by atoms with Crippen molar-refractivity contribution in [3.8, 4) is 5.75 Å². The van der Waals surface area contributed by atoms with Gasteiger partial charge in [0, 0.05) is 67.8 Å². The zero-order chi connectivity index (χ0) is 38.7. The molecule has 288 valence electrons. The number of benzene rings is 1. The van der Waals surface area contributed by atoms with Crippen molar-refractivity contribution in [2.45, 2.75) is 119 Å². The van der Waals surface area contributed by atoms with E-state index < -0.39 is 0 Å². The lowest BCUT2D eigenvalue weighted by Crippen LogP contribution is -2.37. The molecule has 0 radical (unpaired) electrons. The average Bonchev–Trinajstić information content (AvgIpc) is 3.08. The van der Waals surface area contributed by atoms with Gasteiger partial charge in [0.2, 0.25) is 6.41 Å². The smallest absolute Gasteiger partial charge is 0.290 e. The van der Waals surface area contributed by atoms with E-state index in [2.05, 4.69) is 85.7 Å². The molecule has 1 amide bonds. The normalized spacial score (nSPS) is 12.4. The predicted octanol–water partition coefficient (Wildman–Crippen LogP) is 6.23. The van der Waals surface area contributed by atoms with Gasteiger partial charge in [0.05, 0.1) is 13.2 Å². The number of aromatic amines is 1. The zero-order valence-corrected chi connectivity index (χ0v) is 33.4. The summed E-state index contributed by atoms with van der Waals surface area (Å²) < 4.78 is 11.5. The van der Waals surface area contributed by atoms with Crippen LogP contribution in [-0.2, 0) is 20.7 Å². The Morgan fingerprint density at radius 1 is 1.04 bits per heavy atom. The molecule has 5 N–H and O–H groups in total. The number of ether oxygens (including phenoxy) is 2. The van der Waals surface area contributed by atoms with Crippen molar-refractivity contribution in [1.82, 2.24) is 15.2 Å². The fraction of sp³-hybridized carbons (Fsp3) is 0.667. The van der Waals surface area contributed by atoms with E-state index in [9.17, 15) is 4.79 Å². The standard InChI is InChI=1S/C30H47N3O3.C5H13N.C2H6.CH3NO.CH2O2/c1-7-33(26-12-9-8-10-13-26)29-21-27(36-16-11-14-32(5)15-17-35-6)19-25(24(29)4)20-28-22(2)18-23(3)31-30(28)34;1-5(2,3)6-4;1-2;2*2-1-3/h18-19,21,26H,7-17,20H2,1-6H3,(H,31,34);6H,1-4H3;1-2H3;1H,(H2,2,3);1H,(H,2,3). The number of methoxy groups -OCH3 is 1. The van der Waals surface area contributed by atoms with Gasteiger partial charge in [-0.3, -0.25) is 14.4 Å². The van der Waals surface area contributed by atoms with Gasteiger partial charge in [0.25, 0.3) is 12.0 Å². The van der Waals surface area contributed by atoms with Crippen LogP contribution >= 0.6 is 0 Å². The number of hydrogen-bond acceptors (Lipinski definition) is 8. The monoisotopic (exact) mass is 706 g/mol. The maximum absolute atomic E-state index is 12.8. The highest BCUT2D eigenvalue weighted by atomic mass is 16.5. The molecule has 0 saturated heterocycles. The first-order valence-corrected chi connectivity index (χ1v) is 18.0. The molecule has 0 bridgehead atoms. The Hall–Kier alpha value is -3.41. The predicted molar refractivity (Wildman–Crippen MR) is 209 cm³/mol. The summed E-state index contributed by atoms with van der Waals surface area (Å²) in [4.78, 5) is 37.6. The van der Waals surface area contributed by atoms with Gasteiger partial charge in [-0.15, -0.1) is 0 Å². The van der Waals surface area contributed by atoms with Crippen LogP contribution in [0.4, 0.5) is 5.69 Å². The third-order valence-corrected chi connectivity index (χ3v) is 8.37. The van der Waals surface area contributed by atoms with Crippen LogP contribution < -0.4 is 26.2 Å². The molecule has 3 rings (SSSR count). The highest BCUT2D eigenvalue weighted by Crippen LogP contribution is 2.35. The van der Waals surface area contributed by atoms with E-state index in [4.69, 9.17) is 24.2 Å². The highest BCUT2D eigenvalue weighted by molar-refractivity contribution is 5.61. The maximum Gasteiger partial charge on any atom is 0.290 e. The van der Waals surface area contributed by atoms with Gasteiger partial charge in [-0.2, -0.15) is 0 Å². The quantitative estimate of drug-likeness (QED) is 0.141. The van der Waals surface area contributed by atoms with Gasteiger partial charge in [-0.05, 0) is 111 Å². The minimum absolute atomic E-state index is 0.0125. The molecule has 1 saturated carbocycles. The van der Waals surface area contributed by atoms with Crippen LogP contribution in [0.15, 0.2) is 23.0 Å². The summed E-state index contributed by atoms with van der Waals surface area (Å²) in [6.07, 6.45) is 8.26. The summed E-state index contributed by atoms with van der Waals surface area (Å²) in [5, 5.41) is 9.99. The number of carbonyl (C=O) groups excluding carboxylic acids is 1. The first-order valence-electron chi connectivity index (χ1n) is 18.0. The number of nitrogens with zero attached hydrogens (tertiary/aromatic N) is 2. The van der Waals surface area contributed by atoms with E-state index >= 15 is 0 Å². The molecule has 1 aromatic heterocycles. The second-order valence-corrected chi connectivity index (χ2v) is 13.2. The van der Waals surface area contributed by atoms with Crippen LogP contribution in [0.25, 0.3) is 0 Å². The van der Waals surface area contributed by atoms with E-state index in [0.717, 1.165) is 55.2 Å². The Morgan fingerprint density at radius 2 is 1.60 bits per heavy atom. The highest BCUT2D eigenvalue weighted by Gasteiger charge is 2.23. The van der Waals surface area contributed by atoms with Gasteiger partial charge in [-0.25, -0.2) is 0 Å². The number of primary amides is 1. The van der Waals surface area contributed by atoms with E-state index in [-0.39, 0.29) is 18.4 Å². The number of carbonyl (C=O) groups is 2. The largest absolute Gasteiger partial charge is 0.493 e. The number of carboxylic acid groups (broad SMARTS) is 1. The van der Waals surface area contributed by atoms with Crippen LogP contribution in [0.3, 0.4) is 0 Å². The third kappa shape index (κ3) is 20.3. The summed E-state index contributed by atoms with van der Waals surface area (Å²) in [6, 6.07) is 7.02. The van der Waals surface area contributed by atoms with Crippen molar-refractivity contribution in [1.29, 1.82) is 0 Å². The SMILES string of the molecule is CC.CCN(c1cc(OCCCN(C)CCOC)cc(Cc2c(C)cc(C)[nH]c2=O)c1C)C1CCCCC1.CNC(C)(C)C.NC=O.O=CO. The molecule has 0 unspecified atom stereocenters. The molecule has 0 spiro atoms. The number of aryl methyl sites for hydroxylation is 2. The third-order valence-electron chi connectivity index (χ3n) is 8.37. The van der Waals surface area contributed by atoms with Gasteiger partial charge >= 0.3 is 0 Å². The number of amides is 1. The molecule has 1 aromatic carbocycles. The Labute approximate surface area is 303 Å². The number of rotatable bonds is 13. The number of H-pyrrole nitrogens is 1. The molecular formula is C39H71N5O6. The lowest BCUT2D eigenvalue weighted by atomic mass is 9.92. The van der Waals surface area contributed by atoms with E-state index in [0.29, 0.717) is 24.6 Å². The fourth-order valence-electron chi connectivity index (χ4n) is 5.49. The number of likely N-dealkylation sites (N-methyl/N-ethyl adjacent to an activating group) is 1. The van der Waals surface area contributed by atoms with Crippen molar-refractivity contribution in [3.05, 3.63) is 56.5 Å². The molecule has 1 heterocycles. The molecule has 2 aromatic rings. The number of pyridine rings is 1. The molecule has 0 atom stereocenters. The topological polar surface area (TPSA) is 150 Å². The Kier molecular flexibility index (Phi) is 27.6. The van der Waals surface area contributed by atoms with E-state index in [1.165, 1.54) is 48.9 Å². The van der Waals surface area contributed by atoms with Crippen LogP contribution in [0.2, 0.25) is 0 Å². The van der Waals surface area contributed by atoms with Crippen molar-refractivity contribution in [2.24, 2.45) is 5.73 Å². The van der Waals surface area contributed by atoms with Gasteiger partial charge in [0.15, 0.2) is 0 Å². The lowest BCUT2D eigenvalue weighted by molar-refractivity contribution is -0.122. The number of nitrogens with one attached hydrogen (secondary N) is 2.